The first-order valence-electron chi connectivity index (χ1n) is 10.0. The van der Waals surface area contributed by atoms with Crippen LogP contribution in [0.25, 0.3) is 10.8 Å². The van der Waals surface area contributed by atoms with Crippen molar-refractivity contribution >= 4 is 28.1 Å². The van der Waals surface area contributed by atoms with Gasteiger partial charge < -0.3 is 19.9 Å². The highest BCUT2D eigenvalue weighted by Crippen LogP contribution is 2.31. The number of halogens is 1. The van der Waals surface area contributed by atoms with Gasteiger partial charge in [0.15, 0.2) is 0 Å². The molecule has 1 N–H and O–H groups in total. The summed E-state index contributed by atoms with van der Waals surface area (Å²) in [6.45, 7) is 3.47. The van der Waals surface area contributed by atoms with Gasteiger partial charge in [-0.1, -0.05) is 0 Å². The van der Waals surface area contributed by atoms with Crippen LogP contribution in [0.5, 0.6) is 5.75 Å². The predicted octanol–water partition coefficient (Wildman–Crippen LogP) is 3.78. The number of rotatable bonds is 4. The number of nitrogens with zero attached hydrogens (tertiary/aromatic N) is 3. The van der Waals surface area contributed by atoms with Crippen LogP contribution in [-0.2, 0) is 0 Å². The van der Waals surface area contributed by atoms with Gasteiger partial charge in [-0.15, -0.1) is 0 Å². The van der Waals surface area contributed by atoms with Crippen LogP contribution in [0.3, 0.4) is 0 Å². The normalized spacial score (nSPS) is 15.1. The molecule has 0 atom stereocenters. The molecule has 156 valence electrons. The summed E-state index contributed by atoms with van der Waals surface area (Å²) in [4.78, 5) is 21.2. The van der Waals surface area contributed by atoms with Crippen molar-refractivity contribution in [2.24, 2.45) is 0 Å². The van der Waals surface area contributed by atoms with E-state index in [4.69, 9.17) is 4.74 Å². The first kappa shape index (κ1) is 20.1. The Morgan fingerprint density at radius 3 is 2.77 bits per heavy atom. The van der Waals surface area contributed by atoms with Gasteiger partial charge in [0.05, 0.1) is 12.8 Å². The molecule has 0 aliphatic carbocycles. The molecule has 30 heavy (non-hydrogen) atoms. The lowest BCUT2D eigenvalue weighted by Crippen LogP contribution is -2.29. The van der Waals surface area contributed by atoms with E-state index in [0.29, 0.717) is 17.1 Å². The Balaban J connectivity index is 1.56. The minimum absolute atomic E-state index is 0.279. The van der Waals surface area contributed by atoms with Crippen molar-refractivity contribution in [1.29, 1.82) is 0 Å². The maximum atomic E-state index is 14.9. The average Bonchev–Trinajstić information content (AvgIpc) is 2.98. The Morgan fingerprint density at radius 1 is 1.10 bits per heavy atom. The summed E-state index contributed by atoms with van der Waals surface area (Å²) in [5.74, 6) is -0.0649. The van der Waals surface area contributed by atoms with Crippen molar-refractivity contribution in [3.05, 3.63) is 60.2 Å². The first-order chi connectivity index (χ1) is 14.6. The second-order valence-corrected chi connectivity index (χ2v) is 7.50. The average molecular weight is 408 g/mol. The molecule has 2 aromatic carbocycles. The number of carbonyl (C=O) groups is 1. The number of benzene rings is 2. The van der Waals surface area contributed by atoms with Crippen LogP contribution >= 0.6 is 0 Å². The van der Waals surface area contributed by atoms with E-state index >= 15 is 0 Å². The number of hydrogen-bond acceptors (Lipinski definition) is 5. The van der Waals surface area contributed by atoms with E-state index in [1.54, 1.807) is 43.8 Å². The number of nitrogens with one attached hydrogen (secondary N) is 1. The minimum Gasteiger partial charge on any atom is -0.496 e. The fourth-order valence-electron chi connectivity index (χ4n) is 3.84. The van der Waals surface area contributed by atoms with Gasteiger partial charge in [0, 0.05) is 54.1 Å². The van der Waals surface area contributed by atoms with Crippen LogP contribution in [0.1, 0.15) is 16.8 Å². The molecule has 0 bridgehead atoms. The van der Waals surface area contributed by atoms with Crippen LogP contribution < -0.4 is 15.0 Å². The number of ether oxygens (including phenoxy) is 1. The van der Waals surface area contributed by atoms with Crippen molar-refractivity contribution in [3.63, 3.8) is 0 Å². The molecule has 1 saturated heterocycles. The van der Waals surface area contributed by atoms with Crippen LogP contribution in [-0.4, -0.2) is 56.1 Å². The summed E-state index contributed by atoms with van der Waals surface area (Å²) in [6, 6.07) is 10.1. The van der Waals surface area contributed by atoms with Gasteiger partial charge in [0.2, 0.25) is 0 Å². The van der Waals surface area contributed by atoms with Crippen molar-refractivity contribution < 1.29 is 13.9 Å². The number of aromatic nitrogens is 1. The smallest absolute Gasteiger partial charge is 0.255 e. The predicted molar refractivity (Wildman–Crippen MR) is 117 cm³/mol. The third kappa shape index (κ3) is 4.07. The monoisotopic (exact) mass is 408 g/mol. The second kappa shape index (κ2) is 8.67. The SMILES string of the molecule is COc1ccc(NC(=O)c2ccc(N3CCCN(C)CC3)c(F)c2)c2ccncc12. The number of likely N-dealkylation sites (N-methyl/N-ethyl adjacent to an activating group) is 1. The molecule has 6 nitrogen and oxygen atoms in total. The lowest BCUT2D eigenvalue weighted by atomic mass is 10.1. The molecule has 1 aliphatic heterocycles. The molecule has 1 amide bonds. The zero-order chi connectivity index (χ0) is 21.1. The fourth-order valence-corrected chi connectivity index (χ4v) is 3.84. The Kier molecular flexibility index (Phi) is 5.81. The molecule has 0 radical (unpaired) electrons. The second-order valence-electron chi connectivity index (χ2n) is 7.50. The van der Waals surface area contributed by atoms with E-state index in [0.717, 1.165) is 43.4 Å². The molecule has 0 saturated carbocycles. The van der Waals surface area contributed by atoms with Crippen LogP contribution in [0, 0.1) is 5.82 Å². The highest BCUT2D eigenvalue weighted by atomic mass is 19.1. The van der Waals surface area contributed by atoms with E-state index < -0.39 is 0 Å². The number of fused-ring (bicyclic) bond motifs is 1. The Labute approximate surface area is 175 Å². The van der Waals surface area contributed by atoms with Gasteiger partial charge in [-0.05, 0) is 56.4 Å². The Hall–Kier alpha value is -3.19. The van der Waals surface area contributed by atoms with Gasteiger partial charge in [-0.2, -0.15) is 0 Å². The van der Waals surface area contributed by atoms with Gasteiger partial charge in [0.1, 0.15) is 11.6 Å². The quantitative estimate of drug-likeness (QED) is 0.712. The molecule has 7 heteroatoms. The summed E-state index contributed by atoms with van der Waals surface area (Å²) in [6.07, 6.45) is 4.33. The zero-order valence-corrected chi connectivity index (χ0v) is 17.2. The number of hydrogen-bond donors (Lipinski definition) is 1. The third-order valence-corrected chi connectivity index (χ3v) is 5.52. The summed E-state index contributed by atoms with van der Waals surface area (Å²) in [5, 5.41) is 4.49. The molecule has 4 rings (SSSR count). The number of carbonyl (C=O) groups excluding carboxylic acids is 1. The van der Waals surface area contributed by atoms with Crippen molar-refractivity contribution in [3.8, 4) is 5.75 Å². The van der Waals surface area contributed by atoms with Crippen molar-refractivity contribution in [1.82, 2.24) is 9.88 Å². The van der Waals surface area contributed by atoms with E-state index in [1.807, 2.05) is 11.0 Å². The fraction of sp³-hybridized carbons (Fsp3) is 0.304. The summed E-state index contributed by atoms with van der Waals surface area (Å²) in [7, 11) is 3.67. The van der Waals surface area contributed by atoms with E-state index in [-0.39, 0.29) is 17.3 Å². The molecule has 1 aromatic heterocycles. The Morgan fingerprint density at radius 2 is 1.97 bits per heavy atom. The number of anilines is 2. The molecule has 0 unspecified atom stereocenters. The maximum Gasteiger partial charge on any atom is 0.255 e. The number of methoxy groups -OCH3 is 1. The molecular formula is C23H25FN4O2. The van der Waals surface area contributed by atoms with E-state index in [2.05, 4.69) is 22.2 Å². The zero-order valence-electron chi connectivity index (χ0n) is 17.2. The highest BCUT2D eigenvalue weighted by molar-refractivity contribution is 6.10. The van der Waals surface area contributed by atoms with Crippen LogP contribution in [0.15, 0.2) is 48.8 Å². The molecule has 2 heterocycles. The standard InChI is InChI=1S/C23H25FN4O2/c1-27-10-3-11-28(13-12-27)21-6-4-16(14-19(21)24)23(29)26-20-5-7-22(30-2)18-15-25-9-8-17(18)20/h4-9,14-15H,3,10-13H2,1-2H3,(H,26,29). The van der Waals surface area contributed by atoms with Crippen molar-refractivity contribution in [2.45, 2.75) is 6.42 Å². The van der Waals surface area contributed by atoms with Gasteiger partial charge >= 0.3 is 0 Å². The largest absolute Gasteiger partial charge is 0.496 e. The van der Waals surface area contributed by atoms with Crippen molar-refractivity contribution in [2.75, 3.05) is 50.6 Å². The lowest BCUT2D eigenvalue weighted by molar-refractivity contribution is 0.102. The van der Waals surface area contributed by atoms with E-state index in [9.17, 15) is 9.18 Å². The minimum atomic E-state index is -0.379. The number of pyridine rings is 1. The van der Waals surface area contributed by atoms with Gasteiger partial charge in [-0.3, -0.25) is 9.78 Å². The maximum absolute atomic E-state index is 14.9. The van der Waals surface area contributed by atoms with Crippen LogP contribution in [0.4, 0.5) is 15.8 Å². The van der Waals surface area contributed by atoms with Gasteiger partial charge in [0.25, 0.3) is 5.91 Å². The van der Waals surface area contributed by atoms with Crippen LogP contribution in [0.2, 0.25) is 0 Å². The lowest BCUT2D eigenvalue weighted by Gasteiger charge is -2.23. The van der Waals surface area contributed by atoms with E-state index in [1.165, 1.54) is 6.07 Å². The van der Waals surface area contributed by atoms with Gasteiger partial charge in [-0.25, -0.2) is 4.39 Å². The summed E-state index contributed by atoms with van der Waals surface area (Å²) >= 11 is 0. The Bertz CT molecular complexity index is 1070. The molecular weight excluding hydrogens is 383 g/mol. The topological polar surface area (TPSA) is 57.7 Å². The highest BCUT2D eigenvalue weighted by Gasteiger charge is 2.18. The molecule has 3 aromatic rings. The molecule has 0 spiro atoms. The first-order valence-corrected chi connectivity index (χ1v) is 10.0. The molecule has 1 fully saturated rings. The third-order valence-electron chi connectivity index (χ3n) is 5.52. The summed E-state index contributed by atoms with van der Waals surface area (Å²) in [5.41, 5.74) is 1.45. The summed E-state index contributed by atoms with van der Waals surface area (Å²) < 4.78 is 20.2. The number of amides is 1. The molecule has 1 aliphatic rings.